The number of benzene rings is 1. The molecule has 2 aromatic rings. The molecule has 10 nitrogen and oxygen atoms in total. The smallest absolute Gasteiger partial charge is 0.250 e. The standard InChI is InChI=1S/C18H27N7O3/c1-7-19-16-21-17(20-8-2)23-18(22-16)25-24-11(3)12-9-13(26-4)15(28-6)14(10-12)27-5/h9-10H,7-8H2,1-6H3,(H3,19,20,21,22,23,25)/b24-11+. The maximum Gasteiger partial charge on any atom is 0.250 e. The van der Waals surface area contributed by atoms with Gasteiger partial charge in [0, 0.05) is 18.7 Å². The number of rotatable bonds is 10. The van der Waals surface area contributed by atoms with Crippen LogP contribution >= 0.6 is 0 Å². The maximum absolute atomic E-state index is 5.39. The van der Waals surface area contributed by atoms with Gasteiger partial charge in [-0.1, -0.05) is 0 Å². The van der Waals surface area contributed by atoms with Gasteiger partial charge in [0.2, 0.25) is 23.6 Å². The van der Waals surface area contributed by atoms with Crippen LogP contribution in [0.1, 0.15) is 26.3 Å². The van der Waals surface area contributed by atoms with Crippen molar-refractivity contribution in [2.24, 2.45) is 5.10 Å². The Balaban J connectivity index is 2.31. The molecular weight excluding hydrogens is 362 g/mol. The van der Waals surface area contributed by atoms with Crippen molar-refractivity contribution in [1.82, 2.24) is 15.0 Å². The van der Waals surface area contributed by atoms with E-state index in [9.17, 15) is 0 Å². The molecule has 10 heteroatoms. The van der Waals surface area contributed by atoms with Crippen LogP contribution in [0.5, 0.6) is 17.2 Å². The van der Waals surface area contributed by atoms with Crippen molar-refractivity contribution in [2.75, 3.05) is 50.5 Å². The van der Waals surface area contributed by atoms with E-state index in [1.165, 1.54) is 0 Å². The van der Waals surface area contributed by atoms with Gasteiger partial charge >= 0.3 is 0 Å². The number of anilines is 3. The Morgan fingerprint density at radius 1 is 0.857 bits per heavy atom. The van der Waals surface area contributed by atoms with Crippen LogP contribution < -0.4 is 30.3 Å². The fraction of sp³-hybridized carbons (Fsp3) is 0.444. The fourth-order valence-electron chi connectivity index (χ4n) is 2.39. The maximum atomic E-state index is 5.39. The minimum absolute atomic E-state index is 0.327. The number of nitrogens with one attached hydrogen (secondary N) is 3. The van der Waals surface area contributed by atoms with Gasteiger partial charge in [-0.3, -0.25) is 0 Å². The summed E-state index contributed by atoms with van der Waals surface area (Å²) in [5.74, 6) is 2.89. The van der Waals surface area contributed by atoms with E-state index in [1.807, 2.05) is 32.9 Å². The highest BCUT2D eigenvalue weighted by molar-refractivity contribution is 6.00. The summed E-state index contributed by atoms with van der Waals surface area (Å²) in [4.78, 5) is 12.9. The van der Waals surface area contributed by atoms with Crippen LogP contribution in [0, 0.1) is 0 Å². The minimum Gasteiger partial charge on any atom is -0.493 e. The molecule has 0 radical (unpaired) electrons. The minimum atomic E-state index is 0.327. The predicted octanol–water partition coefficient (Wildman–Crippen LogP) is 2.60. The number of ether oxygens (including phenoxy) is 3. The second-order valence-corrected chi connectivity index (χ2v) is 5.59. The molecular formula is C18H27N7O3. The van der Waals surface area contributed by atoms with E-state index in [0.29, 0.717) is 53.9 Å². The van der Waals surface area contributed by atoms with Crippen molar-refractivity contribution in [3.8, 4) is 17.2 Å². The molecule has 3 N–H and O–H groups in total. The zero-order valence-corrected chi connectivity index (χ0v) is 17.1. The second kappa shape index (κ2) is 10.1. The molecule has 152 valence electrons. The Hall–Kier alpha value is -3.30. The van der Waals surface area contributed by atoms with Crippen molar-refractivity contribution in [2.45, 2.75) is 20.8 Å². The Morgan fingerprint density at radius 2 is 1.36 bits per heavy atom. The zero-order valence-electron chi connectivity index (χ0n) is 17.1. The highest BCUT2D eigenvalue weighted by Crippen LogP contribution is 2.38. The van der Waals surface area contributed by atoms with Gasteiger partial charge in [0.05, 0.1) is 27.0 Å². The first kappa shape index (κ1) is 21.0. The number of methoxy groups -OCH3 is 3. The highest BCUT2D eigenvalue weighted by atomic mass is 16.5. The summed E-state index contributed by atoms with van der Waals surface area (Å²) < 4.78 is 16.1. The first-order valence-electron chi connectivity index (χ1n) is 8.90. The van der Waals surface area contributed by atoms with E-state index in [0.717, 1.165) is 5.56 Å². The van der Waals surface area contributed by atoms with Crippen LogP contribution in [0.3, 0.4) is 0 Å². The van der Waals surface area contributed by atoms with Gasteiger partial charge < -0.3 is 24.8 Å². The number of hydrogen-bond donors (Lipinski definition) is 3. The molecule has 0 saturated carbocycles. The summed E-state index contributed by atoms with van der Waals surface area (Å²) in [5, 5.41) is 10.5. The van der Waals surface area contributed by atoms with E-state index in [4.69, 9.17) is 14.2 Å². The summed E-state index contributed by atoms with van der Waals surface area (Å²) in [6.45, 7) is 7.18. The SMILES string of the molecule is CCNc1nc(NCC)nc(N/N=C(\C)c2cc(OC)c(OC)c(OC)c2)n1. The van der Waals surface area contributed by atoms with Crippen LogP contribution in [0.4, 0.5) is 17.8 Å². The van der Waals surface area contributed by atoms with Gasteiger partial charge in [-0.25, -0.2) is 5.43 Å². The van der Waals surface area contributed by atoms with Crippen LogP contribution in [-0.2, 0) is 0 Å². The summed E-state index contributed by atoms with van der Waals surface area (Å²) >= 11 is 0. The number of aromatic nitrogens is 3. The molecule has 0 saturated heterocycles. The Labute approximate surface area is 164 Å². The summed E-state index contributed by atoms with van der Waals surface area (Å²) in [6.07, 6.45) is 0. The first-order chi connectivity index (χ1) is 13.6. The quantitative estimate of drug-likeness (QED) is 0.416. The molecule has 0 aliphatic heterocycles. The van der Waals surface area contributed by atoms with E-state index < -0.39 is 0 Å². The number of hydrogen-bond acceptors (Lipinski definition) is 10. The van der Waals surface area contributed by atoms with Crippen LogP contribution in [0.2, 0.25) is 0 Å². The average molecular weight is 389 g/mol. The topological polar surface area (TPSA) is 115 Å². The molecule has 0 aliphatic rings. The third kappa shape index (κ3) is 5.12. The molecule has 0 amide bonds. The van der Waals surface area contributed by atoms with Gasteiger partial charge in [-0.2, -0.15) is 20.1 Å². The molecule has 1 heterocycles. The molecule has 2 rings (SSSR count). The van der Waals surface area contributed by atoms with Crippen molar-refractivity contribution in [3.63, 3.8) is 0 Å². The third-order valence-electron chi connectivity index (χ3n) is 3.71. The third-order valence-corrected chi connectivity index (χ3v) is 3.71. The monoisotopic (exact) mass is 389 g/mol. The molecule has 0 fully saturated rings. The van der Waals surface area contributed by atoms with E-state index >= 15 is 0 Å². The summed E-state index contributed by atoms with van der Waals surface area (Å²) in [7, 11) is 4.70. The lowest BCUT2D eigenvalue weighted by atomic mass is 10.1. The van der Waals surface area contributed by atoms with Crippen LogP contribution in [-0.4, -0.2) is 55.1 Å². The Morgan fingerprint density at radius 3 is 1.79 bits per heavy atom. The van der Waals surface area contributed by atoms with Crippen molar-refractivity contribution in [3.05, 3.63) is 17.7 Å². The van der Waals surface area contributed by atoms with Gasteiger partial charge in [0.15, 0.2) is 11.5 Å². The normalized spacial score (nSPS) is 11.0. The largest absolute Gasteiger partial charge is 0.493 e. The highest BCUT2D eigenvalue weighted by Gasteiger charge is 2.14. The molecule has 0 aliphatic carbocycles. The molecule has 0 unspecified atom stereocenters. The van der Waals surface area contributed by atoms with Crippen molar-refractivity contribution in [1.29, 1.82) is 0 Å². The Bertz CT molecular complexity index is 778. The molecule has 1 aromatic heterocycles. The van der Waals surface area contributed by atoms with Gasteiger partial charge in [-0.15, -0.1) is 0 Å². The van der Waals surface area contributed by atoms with E-state index in [1.54, 1.807) is 21.3 Å². The van der Waals surface area contributed by atoms with Gasteiger partial charge in [0.1, 0.15) is 0 Å². The zero-order chi connectivity index (χ0) is 20.5. The molecule has 1 aromatic carbocycles. The van der Waals surface area contributed by atoms with Crippen molar-refractivity contribution < 1.29 is 14.2 Å². The predicted molar refractivity (Wildman–Crippen MR) is 110 cm³/mol. The van der Waals surface area contributed by atoms with Crippen molar-refractivity contribution >= 4 is 23.6 Å². The lowest BCUT2D eigenvalue weighted by molar-refractivity contribution is 0.324. The van der Waals surface area contributed by atoms with Gasteiger partial charge in [-0.05, 0) is 32.9 Å². The first-order valence-corrected chi connectivity index (χ1v) is 8.90. The van der Waals surface area contributed by atoms with E-state index in [-0.39, 0.29) is 0 Å². The Kier molecular flexibility index (Phi) is 7.61. The lowest BCUT2D eigenvalue weighted by Gasteiger charge is -2.14. The molecule has 0 bridgehead atoms. The van der Waals surface area contributed by atoms with Crippen LogP contribution in [0.25, 0.3) is 0 Å². The molecule has 28 heavy (non-hydrogen) atoms. The summed E-state index contributed by atoms with van der Waals surface area (Å²) in [5.41, 5.74) is 4.37. The lowest BCUT2D eigenvalue weighted by Crippen LogP contribution is -2.11. The summed E-state index contributed by atoms with van der Waals surface area (Å²) in [6, 6.07) is 3.65. The molecule has 0 atom stereocenters. The number of nitrogens with zero attached hydrogens (tertiary/aromatic N) is 4. The molecule has 0 spiro atoms. The van der Waals surface area contributed by atoms with E-state index in [2.05, 4.69) is 36.1 Å². The number of hydrazone groups is 1. The van der Waals surface area contributed by atoms with Crippen LogP contribution in [0.15, 0.2) is 17.2 Å². The second-order valence-electron chi connectivity index (χ2n) is 5.59. The van der Waals surface area contributed by atoms with Gasteiger partial charge in [0.25, 0.3) is 0 Å². The average Bonchev–Trinajstić information content (AvgIpc) is 2.71. The fourth-order valence-corrected chi connectivity index (χ4v) is 2.39.